The maximum atomic E-state index is 14.7. The van der Waals surface area contributed by atoms with Crippen LogP contribution in [0.5, 0.6) is 0 Å². The highest BCUT2D eigenvalue weighted by atomic mass is 32.2. The summed E-state index contributed by atoms with van der Waals surface area (Å²) in [7, 11) is 0. The lowest BCUT2D eigenvalue weighted by atomic mass is 10.0. The van der Waals surface area contributed by atoms with E-state index in [0.29, 0.717) is 35.7 Å². The minimum Gasteiger partial charge on any atom is -0.387 e. The van der Waals surface area contributed by atoms with E-state index in [1.807, 2.05) is 0 Å². The number of aliphatic hydroxyl groups is 1. The van der Waals surface area contributed by atoms with Crippen LogP contribution in [0.25, 0.3) is 11.3 Å². The summed E-state index contributed by atoms with van der Waals surface area (Å²) in [5.74, 6) is -3.59. The molecular formula is C26H26F3N5O2S. The van der Waals surface area contributed by atoms with E-state index in [4.69, 9.17) is 5.73 Å². The van der Waals surface area contributed by atoms with Crippen LogP contribution in [0.2, 0.25) is 0 Å². The lowest BCUT2D eigenvalue weighted by molar-refractivity contribution is 0.102. The Morgan fingerprint density at radius 1 is 1.19 bits per heavy atom. The molecule has 3 aromatic rings. The Balaban J connectivity index is 1.51. The number of thioether (sulfide) groups is 1. The molecule has 7 nitrogen and oxygen atoms in total. The number of benzene rings is 1. The minimum absolute atomic E-state index is 0.0314. The number of hydrogen-bond acceptors (Lipinski definition) is 7. The van der Waals surface area contributed by atoms with Crippen molar-refractivity contribution in [3.05, 3.63) is 64.9 Å². The Hall–Kier alpha value is -3.15. The fourth-order valence-corrected chi connectivity index (χ4v) is 5.44. The normalized spacial score (nSPS) is 19.1. The van der Waals surface area contributed by atoms with Crippen molar-refractivity contribution in [2.24, 2.45) is 5.73 Å². The van der Waals surface area contributed by atoms with Gasteiger partial charge < -0.3 is 21.1 Å². The number of anilines is 2. The number of nitrogens with two attached hydrogens (primary N) is 1. The SMILES string of the molecule is CSc1cc(F)c(-c2nc(C(=O)Nc3cnc4c(c3N3CCCC(N)C3)CCC4O)ccc2F)c(F)c1. The molecule has 2 atom stereocenters. The number of hydrogen-bond donors (Lipinski definition) is 3. The molecule has 1 saturated heterocycles. The predicted octanol–water partition coefficient (Wildman–Crippen LogP) is 4.44. The highest BCUT2D eigenvalue weighted by molar-refractivity contribution is 7.98. The van der Waals surface area contributed by atoms with Crippen molar-refractivity contribution in [2.75, 3.05) is 29.6 Å². The van der Waals surface area contributed by atoms with Gasteiger partial charge in [-0.2, -0.15) is 0 Å². The van der Waals surface area contributed by atoms with Crippen molar-refractivity contribution < 1.29 is 23.1 Å². The van der Waals surface area contributed by atoms with E-state index < -0.39 is 40.7 Å². The quantitative estimate of drug-likeness (QED) is 0.420. The molecule has 1 fully saturated rings. The maximum absolute atomic E-state index is 14.7. The first-order chi connectivity index (χ1) is 17.8. The molecule has 1 aliphatic carbocycles. The third kappa shape index (κ3) is 4.90. The average molecular weight is 530 g/mol. The van der Waals surface area contributed by atoms with Crippen molar-refractivity contribution in [2.45, 2.75) is 42.7 Å². The fraction of sp³-hybridized carbons (Fsp3) is 0.346. The first kappa shape index (κ1) is 25.5. The molecule has 2 aliphatic rings. The van der Waals surface area contributed by atoms with Crippen LogP contribution in [0.4, 0.5) is 24.5 Å². The summed E-state index contributed by atoms with van der Waals surface area (Å²) in [6.07, 6.45) is 5.36. The topological polar surface area (TPSA) is 104 Å². The third-order valence-corrected chi connectivity index (χ3v) is 7.46. The molecule has 37 heavy (non-hydrogen) atoms. The molecule has 194 valence electrons. The summed E-state index contributed by atoms with van der Waals surface area (Å²) in [6.45, 7) is 1.31. The number of amides is 1. The monoisotopic (exact) mass is 529 g/mol. The number of carbonyl (C=O) groups excluding carboxylic acids is 1. The summed E-state index contributed by atoms with van der Waals surface area (Å²) < 4.78 is 44.0. The average Bonchev–Trinajstić information content (AvgIpc) is 3.24. The standard InChI is InChI=1S/C26H26F3N5O2S/c1-37-14-9-17(28)22(18(29)10-14)24-16(27)5-6-19(32-24)26(36)33-20-11-31-23-15(4-7-21(23)35)25(20)34-8-2-3-13(30)12-34/h5-6,9-11,13,21,35H,2-4,7-8,12,30H2,1H3,(H,33,36). The summed E-state index contributed by atoms with van der Waals surface area (Å²) in [6, 6.07) is 4.27. The van der Waals surface area contributed by atoms with E-state index in [9.17, 15) is 23.1 Å². The summed E-state index contributed by atoms with van der Waals surface area (Å²) in [5, 5.41) is 13.1. The second kappa shape index (κ2) is 10.3. The minimum atomic E-state index is -0.974. The number of halogens is 3. The summed E-state index contributed by atoms with van der Waals surface area (Å²) in [4.78, 5) is 24.0. The number of aliphatic hydroxyl groups excluding tert-OH is 1. The van der Waals surface area contributed by atoms with Crippen molar-refractivity contribution in [3.8, 4) is 11.3 Å². The van der Waals surface area contributed by atoms with Gasteiger partial charge in [0.2, 0.25) is 0 Å². The van der Waals surface area contributed by atoms with Crippen LogP contribution in [0, 0.1) is 17.5 Å². The Bertz CT molecular complexity index is 1350. The lowest BCUT2D eigenvalue weighted by Gasteiger charge is -2.35. The van der Waals surface area contributed by atoms with Gasteiger partial charge in [-0.3, -0.25) is 9.78 Å². The Labute approximate surface area is 216 Å². The van der Waals surface area contributed by atoms with E-state index >= 15 is 0 Å². The molecule has 0 bridgehead atoms. The number of pyridine rings is 2. The number of piperidine rings is 1. The van der Waals surface area contributed by atoms with Crippen LogP contribution < -0.4 is 16.0 Å². The van der Waals surface area contributed by atoms with Crippen molar-refractivity contribution in [3.63, 3.8) is 0 Å². The highest BCUT2D eigenvalue weighted by Gasteiger charge is 2.31. The molecule has 1 aromatic carbocycles. The smallest absolute Gasteiger partial charge is 0.274 e. The molecule has 1 aliphatic heterocycles. The van der Waals surface area contributed by atoms with E-state index in [1.165, 1.54) is 6.20 Å². The van der Waals surface area contributed by atoms with Gasteiger partial charge in [0.05, 0.1) is 34.9 Å². The largest absolute Gasteiger partial charge is 0.387 e. The van der Waals surface area contributed by atoms with Crippen LogP contribution in [0.3, 0.4) is 0 Å². The first-order valence-electron chi connectivity index (χ1n) is 12.0. The maximum Gasteiger partial charge on any atom is 0.274 e. The van der Waals surface area contributed by atoms with E-state index in [2.05, 4.69) is 20.2 Å². The van der Waals surface area contributed by atoms with Crippen LogP contribution in [0.1, 0.15) is 47.1 Å². The molecule has 3 heterocycles. The first-order valence-corrected chi connectivity index (χ1v) is 13.2. The van der Waals surface area contributed by atoms with Gasteiger partial charge >= 0.3 is 0 Å². The second-order valence-corrected chi connectivity index (χ2v) is 10.1. The zero-order chi connectivity index (χ0) is 26.3. The van der Waals surface area contributed by atoms with Crippen molar-refractivity contribution >= 4 is 29.0 Å². The number of nitrogens with zero attached hydrogens (tertiary/aromatic N) is 3. The molecule has 0 radical (unpaired) electrons. The van der Waals surface area contributed by atoms with Gasteiger partial charge in [-0.1, -0.05) is 0 Å². The summed E-state index contributed by atoms with van der Waals surface area (Å²) >= 11 is 1.14. The number of fused-ring (bicyclic) bond motifs is 1. The van der Waals surface area contributed by atoms with E-state index in [-0.39, 0.29) is 11.7 Å². The molecule has 4 N–H and O–H groups in total. The van der Waals surface area contributed by atoms with E-state index in [1.54, 1.807) is 6.26 Å². The third-order valence-electron chi connectivity index (χ3n) is 6.76. The van der Waals surface area contributed by atoms with E-state index in [0.717, 1.165) is 66.7 Å². The highest BCUT2D eigenvalue weighted by Crippen LogP contribution is 2.41. The van der Waals surface area contributed by atoms with Gasteiger partial charge in [0, 0.05) is 29.6 Å². The Morgan fingerprint density at radius 3 is 2.65 bits per heavy atom. The van der Waals surface area contributed by atoms with Crippen molar-refractivity contribution in [1.29, 1.82) is 0 Å². The number of nitrogens with one attached hydrogen (secondary N) is 1. The van der Waals surface area contributed by atoms with Gasteiger partial charge in [0.25, 0.3) is 5.91 Å². The predicted molar refractivity (Wildman–Crippen MR) is 136 cm³/mol. The van der Waals surface area contributed by atoms with Crippen LogP contribution >= 0.6 is 11.8 Å². The fourth-order valence-electron chi connectivity index (χ4n) is 5.00. The van der Waals surface area contributed by atoms with Crippen LogP contribution in [-0.4, -0.2) is 46.4 Å². The molecule has 0 saturated carbocycles. The lowest BCUT2D eigenvalue weighted by Crippen LogP contribution is -2.43. The van der Waals surface area contributed by atoms with Crippen LogP contribution in [-0.2, 0) is 6.42 Å². The molecular weight excluding hydrogens is 503 g/mol. The molecule has 1 amide bonds. The van der Waals surface area contributed by atoms with Gasteiger partial charge in [0.1, 0.15) is 28.8 Å². The molecule has 0 spiro atoms. The number of aromatic nitrogens is 2. The zero-order valence-corrected chi connectivity index (χ0v) is 20.9. The van der Waals surface area contributed by atoms with Gasteiger partial charge in [-0.05, 0) is 56.2 Å². The molecule has 2 unspecified atom stereocenters. The van der Waals surface area contributed by atoms with Gasteiger partial charge in [-0.25, -0.2) is 18.2 Å². The zero-order valence-electron chi connectivity index (χ0n) is 20.1. The van der Waals surface area contributed by atoms with Gasteiger partial charge in [-0.15, -0.1) is 11.8 Å². The van der Waals surface area contributed by atoms with Gasteiger partial charge in [0.15, 0.2) is 0 Å². The van der Waals surface area contributed by atoms with Crippen molar-refractivity contribution in [1.82, 2.24) is 9.97 Å². The Kier molecular flexibility index (Phi) is 7.11. The molecule has 2 aromatic heterocycles. The Morgan fingerprint density at radius 2 is 1.95 bits per heavy atom. The molecule has 11 heteroatoms. The number of carbonyl (C=O) groups is 1. The summed E-state index contributed by atoms with van der Waals surface area (Å²) in [5.41, 5.74) is 7.34. The second-order valence-electron chi connectivity index (χ2n) is 9.23. The number of rotatable bonds is 5. The molecule has 5 rings (SSSR count). The van der Waals surface area contributed by atoms with Crippen LogP contribution in [0.15, 0.2) is 35.4 Å².